The maximum absolute atomic E-state index is 13.9. The Labute approximate surface area is 125 Å². The van der Waals surface area contributed by atoms with Crippen molar-refractivity contribution in [2.24, 2.45) is 5.92 Å². The summed E-state index contributed by atoms with van der Waals surface area (Å²) in [4.78, 5) is 12.3. The molecule has 0 saturated heterocycles. The van der Waals surface area contributed by atoms with E-state index in [1.165, 1.54) is 13.2 Å². The number of para-hydroxylation sites is 1. The van der Waals surface area contributed by atoms with Crippen molar-refractivity contribution in [3.05, 3.63) is 30.1 Å². The van der Waals surface area contributed by atoms with Gasteiger partial charge in [-0.2, -0.15) is 0 Å². The zero-order chi connectivity index (χ0) is 15.3. The minimum Gasteiger partial charge on any atom is -0.467 e. The van der Waals surface area contributed by atoms with Crippen LogP contribution >= 0.6 is 0 Å². The molecule has 1 aliphatic rings. The highest BCUT2D eigenvalue weighted by Gasteiger charge is 2.41. The maximum Gasteiger partial charge on any atom is 0.331 e. The molecule has 21 heavy (non-hydrogen) atoms. The highest BCUT2D eigenvalue weighted by Crippen LogP contribution is 2.35. The lowest BCUT2D eigenvalue weighted by atomic mass is 9.88. The van der Waals surface area contributed by atoms with Gasteiger partial charge < -0.3 is 10.1 Å². The van der Waals surface area contributed by atoms with E-state index >= 15 is 0 Å². The third kappa shape index (κ3) is 3.55. The van der Waals surface area contributed by atoms with E-state index in [0.29, 0.717) is 24.4 Å². The van der Waals surface area contributed by atoms with Crippen molar-refractivity contribution in [3.8, 4) is 0 Å². The Morgan fingerprint density at radius 2 is 2.14 bits per heavy atom. The van der Waals surface area contributed by atoms with Crippen LogP contribution in [0.25, 0.3) is 0 Å². The van der Waals surface area contributed by atoms with Crippen molar-refractivity contribution >= 4 is 11.7 Å². The van der Waals surface area contributed by atoms with E-state index < -0.39 is 5.54 Å². The number of hydrogen-bond donors (Lipinski definition) is 1. The van der Waals surface area contributed by atoms with Crippen LogP contribution in [-0.2, 0) is 9.53 Å². The summed E-state index contributed by atoms with van der Waals surface area (Å²) in [5.41, 5.74) is -0.432. The van der Waals surface area contributed by atoms with Crippen LogP contribution in [-0.4, -0.2) is 18.6 Å². The Kier molecular flexibility index (Phi) is 5.21. The molecule has 0 radical (unpaired) electrons. The second-order valence-corrected chi connectivity index (χ2v) is 5.88. The molecule has 2 unspecified atom stereocenters. The average molecular weight is 293 g/mol. The first-order valence-electron chi connectivity index (χ1n) is 7.72. The number of esters is 1. The molecule has 2 atom stereocenters. The van der Waals surface area contributed by atoms with Gasteiger partial charge in [0.1, 0.15) is 11.4 Å². The predicted octanol–water partition coefficient (Wildman–Crippen LogP) is 4.14. The van der Waals surface area contributed by atoms with E-state index in [0.717, 1.165) is 25.7 Å². The molecule has 1 saturated carbocycles. The molecule has 3 nitrogen and oxygen atoms in total. The molecule has 0 amide bonds. The normalized spacial score (nSPS) is 26.0. The number of anilines is 1. The third-order valence-electron chi connectivity index (χ3n) is 4.60. The number of ether oxygens (including phenoxy) is 1. The second-order valence-electron chi connectivity index (χ2n) is 5.88. The van der Waals surface area contributed by atoms with E-state index in [4.69, 9.17) is 4.74 Å². The van der Waals surface area contributed by atoms with Crippen LogP contribution in [0.15, 0.2) is 24.3 Å². The largest absolute Gasteiger partial charge is 0.467 e. The summed E-state index contributed by atoms with van der Waals surface area (Å²) < 4.78 is 18.9. The molecule has 116 valence electrons. The SMILES string of the molecule is CCC1CCCC(Nc2ccccc2F)(C(=O)OC)CC1. The summed E-state index contributed by atoms with van der Waals surface area (Å²) in [5.74, 6) is 0.0125. The highest BCUT2D eigenvalue weighted by molar-refractivity contribution is 5.84. The number of halogens is 1. The number of rotatable bonds is 4. The number of hydrogen-bond acceptors (Lipinski definition) is 3. The van der Waals surface area contributed by atoms with Gasteiger partial charge in [0.05, 0.1) is 12.8 Å². The van der Waals surface area contributed by atoms with Gasteiger partial charge in [-0.3, -0.25) is 0 Å². The molecule has 2 rings (SSSR count). The van der Waals surface area contributed by atoms with Crippen LogP contribution in [0.2, 0.25) is 0 Å². The number of carbonyl (C=O) groups is 1. The number of carbonyl (C=O) groups excluding carboxylic acids is 1. The highest BCUT2D eigenvalue weighted by atomic mass is 19.1. The summed E-state index contributed by atoms with van der Waals surface area (Å²) in [5, 5.41) is 3.15. The molecular formula is C17H24FNO2. The second kappa shape index (κ2) is 6.92. The Bertz CT molecular complexity index is 491. The predicted molar refractivity (Wildman–Crippen MR) is 81.6 cm³/mol. The number of benzene rings is 1. The Morgan fingerprint density at radius 3 is 2.81 bits per heavy atom. The smallest absolute Gasteiger partial charge is 0.331 e. The van der Waals surface area contributed by atoms with Crippen LogP contribution in [0, 0.1) is 11.7 Å². The van der Waals surface area contributed by atoms with Gasteiger partial charge in [-0.1, -0.05) is 38.3 Å². The van der Waals surface area contributed by atoms with Gasteiger partial charge in [0.2, 0.25) is 0 Å². The van der Waals surface area contributed by atoms with Crippen molar-refractivity contribution in [3.63, 3.8) is 0 Å². The van der Waals surface area contributed by atoms with E-state index in [-0.39, 0.29) is 11.8 Å². The fourth-order valence-electron chi connectivity index (χ4n) is 3.22. The molecule has 1 aromatic rings. The fourth-order valence-corrected chi connectivity index (χ4v) is 3.22. The Hall–Kier alpha value is -1.58. The fraction of sp³-hybridized carbons (Fsp3) is 0.588. The molecule has 1 aromatic carbocycles. The monoisotopic (exact) mass is 293 g/mol. The summed E-state index contributed by atoms with van der Waals surface area (Å²) >= 11 is 0. The van der Waals surface area contributed by atoms with Gasteiger partial charge in [-0.15, -0.1) is 0 Å². The molecule has 1 fully saturated rings. The van der Waals surface area contributed by atoms with Crippen LogP contribution in [0.1, 0.15) is 45.4 Å². The molecular weight excluding hydrogens is 269 g/mol. The lowest BCUT2D eigenvalue weighted by Gasteiger charge is -2.32. The number of methoxy groups -OCH3 is 1. The van der Waals surface area contributed by atoms with E-state index in [1.54, 1.807) is 18.2 Å². The minimum absolute atomic E-state index is 0.289. The van der Waals surface area contributed by atoms with E-state index in [9.17, 15) is 9.18 Å². The summed E-state index contributed by atoms with van der Waals surface area (Å²) in [6, 6.07) is 6.48. The van der Waals surface area contributed by atoms with Crippen molar-refractivity contribution in [2.45, 2.75) is 51.0 Å². The van der Waals surface area contributed by atoms with Crippen LogP contribution in [0.4, 0.5) is 10.1 Å². The molecule has 0 spiro atoms. The summed E-state index contributed by atoms with van der Waals surface area (Å²) in [7, 11) is 1.40. The number of nitrogens with one attached hydrogen (secondary N) is 1. The molecule has 4 heteroatoms. The maximum atomic E-state index is 13.9. The first-order valence-corrected chi connectivity index (χ1v) is 7.72. The van der Waals surface area contributed by atoms with Gasteiger partial charge in [0.15, 0.2) is 0 Å². The van der Waals surface area contributed by atoms with Gasteiger partial charge in [0, 0.05) is 0 Å². The van der Waals surface area contributed by atoms with E-state index in [1.807, 2.05) is 0 Å². The molecule has 0 heterocycles. The Balaban J connectivity index is 2.25. The standard InChI is InChI=1S/C17H24FNO2/c1-3-13-7-6-11-17(12-10-13,16(20)21-2)19-15-9-5-4-8-14(15)18/h4-5,8-9,13,19H,3,6-7,10-12H2,1-2H3. The summed E-state index contributed by atoms with van der Waals surface area (Å²) in [6.45, 7) is 2.18. The van der Waals surface area contributed by atoms with Gasteiger partial charge in [0.25, 0.3) is 0 Å². The van der Waals surface area contributed by atoms with E-state index in [2.05, 4.69) is 12.2 Å². The lowest BCUT2D eigenvalue weighted by Crippen LogP contribution is -2.47. The minimum atomic E-state index is -0.805. The lowest BCUT2D eigenvalue weighted by molar-refractivity contribution is -0.146. The molecule has 1 N–H and O–H groups in total. The van der Waals surface area contributed by atoms with Gasteiger partial charge in [-0.25, -0.2) is 9.18 Å². The van der Waals surface area contributed by atoms with Crippen molar-refractivity contribution in [1.82, 2.24) is 0 Å². The average Bonchev–Trinajstić information content (AvgIpc) is 2.72. The first kappa shape index (κ1) is 15.8. The Morgan fingerprint density at radius 1 is 1.38 bits per heavy atom. The van der Waals surface area contributed by atoms with Crippen molar-refractivity contribution in [1.29, 1.82) is 0 Å². The van der Waals surface area contributed by atoms with Gasteiger partial charge >= 0.3 is 5.97 Å². The quantitative estimate of drug-likeness (QED) is 0.670. The molecule has 0 aliphatic heterocycles. The zero-order valence-electron chi connectivity index (χ0n) is 12.8. The van der Waals surface area contributed by atoms with Gasteiger partial charge in [-0.05, 0) is 37.3 Å². The molecule has 0 bridgehead atoms. The topological polar surface area (TPSA) is 38.3 Å². The van der Waals surface area contributed by atoms with Crippen LogP contribution in [0.3, 0.4) is 0 Å². The molecule has 0 aromatic heterocycles. The summed E-state index contributed by atoms with van der Waals surface area (Å²) in [6.07, 6.45) is 5.53. The van der Waals surface area contributed by atoms with Crippen LogP contribution in [0.5, 0.6) is 0 Å². The third-order valence-corrected chi connectivity index (χ3v) is 4.60. The molecule has 1 aliphatic carbocycles. The van der Waals surface area contributed by atoms with Crippen molar-refractivity contribution < 1.29 is 13.9 Å². The van der Waals surface area contributed by atoms with Crippen molar-refractivity contribution in [2.75, 3.05) is 12.4 Å². The first-order chi connectivity index (χ1) is 10.1. The van der Waals surface area contributed by atoms with Crippen LogP contribution < -0.4 is 5.32 Å². The zero-order valence-corrected chi connectivity index (χ0v) is 12.8.